The summed E-state index contributed by atoms with van der Waals surface area (Å²) in [4.78, 5) is 38.1. The van der Waals surface area contributed by atoms with Crippen molar-refractivity contribution in [2.75, 3.05) is 26.9 Å². The third-order valence-corrected chi connectivity index (χ3v) is 7.64. The molecule has 3 rings (SSSR count). The van der Waals surface area contributed by atoms with Crippen LogP contribution in [0.15, 0.2) is 28.8 Å². The van der Waals surface area contributed by atoms with Crippen LogP contribution >= 0.6 is 23.4 Å². The summed E-state index contributed by atoms with van der Waals surface area (Å²) >= 11 is 7.23. The van der Waals surface area contributed by atoms with E-state index in [0.29, 0.717) is 35.5 Å². The SMILES string of the molecule is CCC(Sc1cc(C[C@@H]2C(=O)C=C(C(F)(F)F)N(C)C2=O)c(F)cc1Cl)C(=O)OCC1CCOC1. The van der Waals surface area contributed by atoms with E-state index in [2.05, 4.69) is 0 Å². The van der Waals surface area contributed by atoms with Crippen molar-refractivity contribution in [2.45, 2.75) is 42.5 Å². The highest BCUT2D eigenvalue weighted by atomic mass is 35.5. The molecule has 0 bridgehead atoms. The number of rotatable bonds is 8. The maximum Gasteiger partial charge on any atom is 0.431 e. The van der Waals surface area contributed by atoms with Crippen LogP contribution in [0, 0.1) is 17.7 Å². The van der Waals surface area contributed by atoms with E-state index in [1.807, 2.05) is 0 Å². The molecule has 2 heterocycles. The molecule has 12 heteroatoms. The van der Waals surface area contributed by atoms with E-state index >= 15 is 0 Å². The summed E-state index contributed by atoms with van der Waals surface area (Å²) in [6.45, 7) is 3.15. The summed E-state index contributed by atoms with van der Waals surface area (Å²) in [7, 11) is 0.912. The maximum absolute atomic E-state index is 14.6. The largest absolute Gasteiger partial charge is 0.464 e. The number of thioether (sulfide) groups is 1. The number of carbonyl (C=O) groups is 3. The van der Waals surface area contributed by atoms with Crippen LogP contribution in [0.1, 0.15) is 25.3 Å². The average Bonchev–Trinajstić information content (AvgIpc) is 3.31. The van der Waals surface area contributed by atoms with E-state index in [4.69, 9.17) is 21.1 Å². The van der Waals surface area contributed by atoms with E-state index in [1.165, 1.54) is 6.07 Å². The Morgan fingerprint density at radius 2 is 2.06 bits per heavy atom. The van der Waals surface area contributed by atoms with Crippen LogP contribution < -0.4 is 0 Å². The number of hydrogen-bond acceptors (Lipinski definition) is 6. The Morgan fingerprint density at radius 3 is 2.66 bits per heavy atom. The zero-order valence-electron chi connectivity index (χ0n) is 19.0. The number of allylic oxidation sites excluding steroid dienone is 2. The molecule has 35 heavy (non-hydrogen) atoms. The van der Waals surface area contributed by atoms with E-state index < -0.39 is 52.9 Å². The Balaban J connectivity index is 1.76. The first-order valence-electron chi connectivity index (χ1n) is 10.9. The summed E-state index contributed by atoms with van der Waals surface area (Å²) in [5, 5.41) is -0.626. The Bertz CT molecular complexity index is 1030. The molecule has 0 N–H and O–H groups in total. The molecule has 0 spiro atoms. The number of ketones is 1. The smallest absolute Gasteiger partial charge is 0.431 e. The molecule has 192 valence electrons. The maximum atomic E-state index is 14.6. The van der Waals surface area contributed by atoms with Crippen molar-refractivity contribution in [2.24, 2.45) is 11.8 Å². The van der Waals surface area contributed by atoms with Gasteiger partial charge < -0.3 is 14.4 Å². The van der Waals surface area contributed by atoms with Crippen LogP contribution in [-0.2, 0) is 30.3 Å². The topological polar surface area (TPSA) is 72.9 Å². The second kappa shape index (κ2) is 11.3. The summed E-state index contributed by atoms with van der Waals surface area (Å²) in [6, 6.07) is 2.30. The number of hydrogen-bond donors (Lipinski definition) is 0. The van der Waals surface area contributed by atoms with Crippen molar-refractivity contribution < 1.29 is 41.4 Å². The van der Waals surface area contributed by atoms with Crippen LogP contribution in [0.25, 0.3) is 0 Å². The third kappa shape index (κ3) is 6.56. The third-order valence-electron chi connectivity index (χ3n) is 5.82. The molecular weight excluding hydrogens is 514 g/mol. The molecule has 1 aromatic carbocycles. The Kier molecular flexibility index (Phi) is 8.87. The van der Waals surface area contributed by atoms with E-state index in [1.54, 1.807) is 6.92 Å². The number of alkyl halides is 3. The molecule has 2 aliphatic rings. The molecule has 0 radical (unpaired) electrons. The molecule has 1 fully saturated rings. The minimum absolute atomic E-state index is 0.0179. The predicted octanol–water partition coefficient (Wildman–Crippen LogP) is 4.58. The second-order valence-corrected chi connectivity index (χ2v) is 9.98. The van der Waals surface area contributed by atoms with Crippen molar-refractivity contribution in [3.8, 4) is 0 Å². The van der Waals surface area contributed by atoms with Gasteiger partial charge in [0.1, 0.15) is 22.7 Å². The van der Waals surface area contributed by atoms with Crippen molar-refractivity contribution in [1.29, 1.82) is 0 Å². The number of nitrogens with zero attached hydrogens (tertiary/aromatic N) is 1. The number of amides is 1. The molecular formula is C23H24ClF4NO5S. The van der Waals surface area contributed by atoms with Crippen LogP contribution in [0.4, 0.5) is 17.6 Å². The lowest BCUT2D eigenvalue weighted by molar-refractivity contribution is -0.150. The summed E-state index contributed by atoms with van der Waals surface area (Å²) in [5.74, 6) is -4.80. The van der Waals surface area contributed by atoms with Gasteiger partial charge in [0, 0.05) is 30.5 Å². The van der Waals surface area contributed by atoms with Crippen molar-refractivity contribution in [3.63, 3.8) is 0 Å². The van der Waals surface area contributed by atoms with Crippen LogP contribution in [0.3, 0.4) is 0 Å². The average molecular weight is 538 g/mol. The van der Waals surface area contributed by atoms with Gasteiger partial charge in [-0.3, -0.25) is 14.4 Å². The first-order chi connectivity index (χ1) is 16.4. The van der Waals surface area contributed by atoms with Gasteiger partial charge in [-0.15, -0.1) is 11.8 Å². The first kappa shape index (κ1) is 27.5. The minimum atomic E-state index is -4.88. The zero-order valence-corrected chi connectivity index (χ0v) is 20.6. The van der Waals surface area contributed by atoms with Crippen LogP contribution in [0.2, 0.25) is 5.02 Å². The molecule has 2 aliphatic heterocycles. The van der Waals surface area contributed by atoms with Gasteiger partial charge in [0.2, 0.25) is 5.91 Å². The number of benzene rings is 1. The van der Waals surface area contributed by atoms with Crippen molar-refractivity contribution >= 4 is 41.0 Å². The number of ether oxygens (including phenoxy) is 2. The van der Waals surface area contributed by atoms with E-state index in [0.717, 1.165) is 31.3 Å². The highest BCUT2D eigenvalue weighted by Crippen LogP contribution is 2.37. The van der Waals surface area contributed by atoms with Gasteiger partial charge in [0.05, 0.1) is 18.2 Å². The van der Waals surface area contributed by atoms with E-state index in [-0.39, 0.29) is 23.1 Å². The quantitative estimate of drug-likeness (QED) is 0.209. The van der Waals surface area contributed by atoms with Gasteiger partial charge in [-0.1, -0.05) is 18.5 Å². The fraction of sp³-hybridized carbons (Fsp3) is 0.522. The molecule has 0 aliphatic carbocycles. The van der Waals surface area contributed by atoms with Gasteiger partial charge >= 0.3 is 12.1 Å². The van der Waals surface area contributed by atoms with Gasteiger partial charge in [-0.05, 0) is 37.0 Å². The number of esters is 1. The molecule has 0 saturated carbocycles. The lowest BCUT2D eigenvalue weighted by atomic mass is 9.90. The normalized spacial score (nSPS) is 21.8. The van der Waals surface area contributed by atoms with E-state index in [9.17, 15) is 31.9 Å². The van der Waals surface area contributed by atoms with Crippen LogP contribution in [0.5, 0.6) is 0 Å². The molecule has 2 unspecified atom stereocenters. The molecule has 3 atom stereocenters. The fourth-order valence-corrected chi connectivity index (χ4v) is 5.07. The van der Waals surface area contributed by atoms with Gasteiger partial charge in [-0.25, -0.2) is 4.39 Å². The highest BCUT2D eigenvalue weighted by Gasteiger charge is 2.45. The lowest BCUT2D eigenvalue weighted by Gasteiger charge is -2.30. The second-order valence-electron chi connectivity index (χ2n) is 8.33. The first-order valence-corrected chi connectivity index (χ1v) is 12.2. The fourth-order valence-electron chi connectivity index (χ4n) is 3.76. The summed E-state index contributed by atoms with van der Waals surface area (Å²) in [5.41, 5.74) is -1.45. The standard InChI is InChI=1S/C23H24ClF4NO5S/c1-3-18(22(32)34-11-12-4-5-33-10-12)35-19-7-13(16(25)8-15(19)24)6-14-17(30)9-20(23(26,27)28)29(2)21(14)31/h7-9,12,14,18H,3-6,10-11H2,1-2H3/t12?,14-,18?/m1/s1. The molecule has 6 nitrogen and oxygen atoms in total. The Hall–Kier alpha value is -2.11. The predicted molar refractivity (Wildman–Crippen MR) is 120 cm³/mol. The summed E-state index contributed by atoms with van der Waals surface area (Å²) in [6.07, 6.45) is -3.78. The molecule has 0 aromatic heterocycles. The minimum Gasteiger partial charge on any atom is -0.464 e. The highest BCUT2D eigenvalue weighted by molar-refractivity contribution is 8.00. The monoisotopic (exact) mass is 537 g/mol. The number of halogens is 5. The zero-order chi connectivity index (χ0) is 25.9. The van der Waals surface area contributed by atoms with Gasteiger partial charge in [0.25, 0.3) is 0 Å². The van der Waals surface area contributed by atoms with Crippen molar-refractivity contribution in [1.82, 2.24) is 4.90 Å². The van der Waals surface area contributed by atoms with Gasteiger partial charge in [0.15, 0.2) is 5.78 Å². The molecule has 1 aromatic rings. The summed E-state index contributed by atoms with van der Waals surface area (Å²) < 4.78 is 64.5. The Labute approximate surface area is 208 Å². The van der Waals surface area contributed by atoms with Gasteiger partial charge in [-0.2, -0.15) is 13.2 Å². The Morgan fingerprint density at radius 1 is 1.34 bits per heavy atom. The lowest BCUT2D eigenvalue weighted by Crippen LogP contribution is -2.45. The van der Waals surface area contributed by atoms with Crippen molar-refractivity contribution in [3.05, 3.63) is 40.3 Å². The van der Waals surface area contributed by atoms with Crippen LogP contribution in [-0.4, -0.2) is 60.9 Å². The number of carbonyl (C=O) groups excluding carboxylic acids is 3. The molecule has 1 amide bonds. The molecule has 1 saturated heterocycles.